The van der Waals surface area contributed by atoms with E-state index in [0.29, 0.717) is 5.82 Å². The lowest BCUT2D eigenvalue weighted by atomic mass is 10.1. The molecule has 7 nitrogen and oxygen atoms in total. The first-order valence-electron chi connectivity index (χ1n) is 8.11. The molecule has 26 heavy (non-hydrogen) atoms. The van der Waals surface area contributed by atoms with Crippen LogP contribution < -0.4 is 4.72 Å². The number of nitrogens with one attached hydrogen (secondary N) is 2. The number of hydrogen-bond acceptors (Lipinski definition) is 4. The van der Waals surface area contributed by atoms with Crippen molar-refractivity contribution >= 4 is 10.2 Å². The highest BCUT2D eigenvalue weighted by atomic mass is 32.2. The average Bonchev–Trinajstić information content (AvgIpc) is 3.06. The second-order valence-corrected chi connectivity index (χ2v) is 8.07. The van der Waals surface area contributed by atoms with Crippen LogP contribution in [0, 0.1) is 6.92 Å². The molecule has 136 valence electrons. The number of aromatic nitrogens is 3. The summed E-state index contributed by atoms with van der Waals surface area (Å²) in [4.78, 5) is 12.2. The van der Waals surface area contributed by atoms with Crippen LogP contribution in [0.5, 0.6) is 0 Å². The summed E-state index contributed by atoms with van der Waals surface area (Å²) in [5.41, 5.74) is 4.34. The van der Waals surface area contributed by atoms with Crippen LogP contribution >= 0.6 is 0 Å². The van der Waals surface area contributed by atoms with Gasteiger partial charge in [0, 0.05) is 25.9 Å². The Morgan fingerprint density at radius 3 is 2.46 bits per heavy atom. The number of rotatable bonds is 6. The fourth-order valence-corrected chi connectivity index (χ4v) is 2.99. The Kier molecular flexibility index (Phi) is 5.17. The Labute approximate surface area is 153 Å². The lowest BCUT2D eigenvalue weighted by Crippen LogP contribution is -2.35. The highest BCUT2D eigenvalue weighted by molar-refractivity contribution is 7.87. The minimum Gasteiger partial charge on any atom is -0.339 e. The van der Waals surface area contributed by atoms with Gasteiger partial charge in [-0.3, -0.25) is 4.98 Å². The lowest BCUT2D eigenvalue weighted by molar-refractivity contribution is 0.504. The lowest BCUT2D eigenvalue weighted by Gasteiger charge is -2.10. The molecule has 0 bridgehead atoms. The number of imidazole rings is 1. The van der Waals surface area contributed by atoms with Crippen LogP contribution in [0.25, 0.3) is 22.6 Å². The highest BCUT2D eigenvalue weighted by Gasteiger charge is 2.17. The first-order valence-corrected chi connectivity index (χ1v) is 9.55. The third-order valence-electron chi connectivity index (χ3n) is 3.90. The van der Waals surface area contributed by atoms with Crippen LogP contribution in [0.2, 0.25) is 0 Å². The SMILES string of the molecule is Cc1ccc(-c2nc(CNS(=O)(=O)N(C)C)[nH]c2-c2ccccn2)cc1. The Morgan fingerprint density at radius 1 is 1.12 bits per heavy atom. The number of aromatic amines is 1. The molecule has 3 aromatic rings. The molecule has 0 saturated heterocycles. The monoisotopic (exact) mass is 371 g/mol. The summed E-state index contributed by atoms with van der Waals surface area (Å²) in [5, 5.41) is 0. The van der Waals surface area contributed by atoms with Gasteiger partial charge in [-0.1, -0.05) is 35.9 Å². The molecular formula is C18H21N5O2S. The van der Waals surface area contributed by atoms with Gasteiger partial charge in [-0.25, -0.2) is 4.98 Å². The van der Waals surface area contributed by atoms with E-state index in [0.717, 1.165) is 32.5 Å². The molecule has 0 aliphatic carbocycles. The number of hydrogen-bond donors (Lipinski definition) is 2. The van der Waals surface area contributed by atoms with E-state index in [9.17, 15) is 8.42 Å². The Hall–Kier alpha value is -2.55. The van der Waals surface area contributed by atoms with Crippen molar-refractivity contribution in [1.82, 2.24) is 24.0 Å². The topological polar surface area (TPSA) is 91.0 Å². The minimum atomic E-state index is -3.53. The summed E-state index contributed by atoms with van der Waals surface area (Å²) in [6.07, 6.45) is 1.71. The average molecular weight is 371 g/mol. The molecule has 0 aliphatic heterocycles. The van der Waals surface area contributed by atoms with E-state index in [1.165, 1.54) is 14.1 Å². The van der Waals surface area contributed by atoms with Gasteiger partial charge in [0.25, 0.3) is 10.2 Å². The number of pyridine rings is 1. The molecule has 8 heteroatoms. The summed E-state index contributed by atoms with van der Waals surface area (Å²) in [6.45, 7) is 2.08. The predicted molar refractivity (Wildman–Crippen MR) is 101 cm³/mol. The van der Waals surface area contributed by atoms with Gasteiger partial charge in [-0.05, 0) is 19.1 Å². The molecule has 0 unspecified atom stereocenters. The minimum absolute atomic E-state index is 0.0617. The Bertz CT molecular complexity index is 980. The standard InChI is InChI=1S/C18H21N5O2S/c1-13-7-9-14(10-8-13)17-18(15-6-4-5-11-19-15)22-16(21-17)12-20-26(24,25)23(2)3/h4-11,20H,12H2,1-3H3,(H,21,22). The molecule has 0 atom stereocenters. The van der Waals surface area contributed by atoms with Crippen LogP contribution in [0.4, 0.5) is 0 Å². The number of aryl methyl sites for hydroxylation is 1. The molecule has 0 amide bonds. The van der Waals surface area contributed by atoms with Gasteiger partial charge in [0.1, 0.15) is 5.82 Å². The van der Waals surface area contributed by atoms with Crippen molar-refractivity contribution in [3.05, 3.63) is 60.0 Å². The molecule has 1 aromatic carbocycles. The van der Waals surface area contributed by atoms with Crippen molar-refractivity contribution < 1.29 is 8.42 Å². The molecule has 0 saturated carbocycles. The zero-order valence-corrected chi connectivity index (χ0v) is 15.7. The fourth-order valence-electron chi connectivity index (χ4n) is 2.41. The smallest absolute Gasteiger partial charge is 0.279 e. The third kappa shape index (κ3) is 3.98. The van der Waals surface area contributed by atoms with Crippen LogP contribution in [-0.2, 0) is 16.8 Å². The number of nitrogens with zero attached hydrogens (tertiary/aromatic N) is 3. The molecule has 0 radical (unpaired) electrons. The van der Waals surface area contributed by atoms with Crippen LogP contribution in [0.15, 0.2) is 48.7 Å². The molecule has 2 aromatic heterocycles. The van der Waals surface area contributed by atoms with Crippen molar-refractivity contribution in [2.75, 3.05) is 14.1 Å². The fraction of sp³-hybridized carbons (Fsp3) is 0.222. The summed E-state index contributed by atoms with van der Waals surface area (Å²) in [7, 11) is -0.580. The van der Waals surface area contributed by atoms with E-state index in [1.807, 2.05) is 49.4 Å². The van der Waals surface area contributed by atoms with Gasteiger partial charge in [0.15, 0.2) is 0 Å². The maximum absolute atomic E-state index is 11.9. The molecule has 2 N–H and O–H groups in total. The van der Waals surface area contributed by atoms with E-state index in [1.54, 1.807) is 6.20 Å². The zero-order chi connectivity index (χ0) is 18.7. The predicted octanol–water partition coefficient (Wildman–Crippen LogP) is 2.34. The largest absolute Gasteiger partial charge is 0.339 e. The van der Waals surface area contributed by atoms with Crippen molar-refractivity contribution in [3.8, 4) is 22.6 Å². The van der Waals surface area contributed by atoms with Crippen LogP contribution in [0.3, 0.4) is 0 Å². The maximum atomic E-state index is 11.9. The molecule has 0 aliphatic rings. The Morgan fingerprint density at radius 2 is 1.85 bits per heavy atom. The second kappa shape index (κ2) is 7.36. The molecule has 3 rings (SSSR count). The molecular weight excluding hydrogens is 350 g/mol. The molecule has 0 spiro atoms. The van der Waals surface area contributed by atoms with Crippen molar-refractivity contribution in [2.45, 2.75) is 13.5 Å². The highest BCUT2D eigenvalue weighted by Crippen LogP contribution is 2.29. The van der Waals surface area contributed by atoms with E-state index in [-0.39, 0.29) is 6.54 Å². The van der Waals surface area contributed by atoms with Crippen molar-refractivity contribution in [2.24, 2.45) is 0 Å². The molecule has 2 heterocycles. The summed E-state index contributed by atoms with van der Waals surface area (Å²) in [6, 6.07) is 13.6. The van der Waals surface area contributed by atoms with E-state index < -0.39 is 10.2 Å². The van der Waals surface area contributed by atoms with Gasteiger partial charge >= 0.3 is 0 Å². The quantitative estimate of drug-likeness (QED) is 0.696. The zero-order valence-electron chi connectivity index (χ0n) is 14.9. The van der Waals surface area contributed by atoms with E-state index >= 15 is 0 Å². The van der Waals surface area contributed by atoms with Crippen LogP contribution in [-0.4, -0.2) is 41.8 Å². The summed E-state index contributed by atoms with van der Waals surface area (Å²) >= 11 is 0. The third-order valence-corrected chi connectivity index (χ3v) is 5.37. The maximum Gasteiger partial charge on any atom is 0.279 e. The van der Waals surface area contributed by atoms with Gasteiger partial charge in [-0.15, -0.1) is 0 Å². The van der Waals surface area contributed by atoms with Gasteiger partial charge in [0.05, 0.1) is 23.6 Å². The van der Waals surface area contributed by atoms with Gasteiger partial charge in [-0.2, -0.15) is 17.4 Å². The van der Waals surface area contributed by atoms with Gasteiger partial charge < -0.3 is 4.98 Å². The van der Waals surface area contributed by atoms with E-state index in [4.69, 9.17) is 0 Å². The van der Waals surface area contributed by atoms with Crippen molar-refractivity contribution in [1.29, 1.82) is 0 Å². The summed E-state index contributed by atoms with van der Waals surface area (Å²) < 4.78 is 27.5. The van der Waals surface area contributed by atoms with Gasteiger partial charge in [0.2, 0.25) is 0 Å². The first kappa shape index (κ1) is 18.2. The van der Waals surface area contributed by atoms with Crippen LogP contribution in [0.1, 0.15) is 11.4 Å². The number of H-pyrrole nitrogens is 1. The number of benzene rings is 1. The summed E-state index contributed by atoms with van der Waals surface area (Å²) in [5.74, 6) is 0.520. The normalized spacial score (nSPS) is 11.8. The van der Waals surface area contributed by atoms with Crippen molar-refractivity contribution in [3.63, 3.8) is 0 Å². The first-order chi connectivity index (χ1) is 12.4. The Balaban J connectivity index is 1.99. The second-order valence-electron chi connectivity index (χ2n) is 6.10. The van der Waals surface area contributed by atoms with E-state index in [2.05, 4.69) is 19.7 Å². The molecule has 0 fully saturated rings.